The van der Waals surface area contributed by atoms with E-state index in [2.05, 4.69) is 9.71 Å². The number of benzene rings is 1. The lowest BCUT2D eigenvalue weighted by atomic mass is 10.1. The molecule has 1 aliphatic rings. The number of rotatable bonds is 6. The molecule has 8 heteroatoms. The summed E-state index contributed by atoms with van der Waals surface area (Å²) in [6.45, 7) is 3.86. The van der Waals surface area contributed by atoms with Gasteiger partial charge in [-0.25, -0.2) is 16.8 Å². The van der Waals surface area contributed by atoms with Gasteiger partial charge in [0.2, 0.25) is 9.84 Å². The zero-order chi connectivity index (χ0) is 17.3. The SMILES string of the molecule is CCCCC1=C(S(=O)(=O)c2ccc(C)cc2)N/C1=N/S(C)(=O)=O. The normalized spacial score (nSPS) is 17.1. The van der Waals surface area contributed by atoms with Crippen molar-refractivity contribution in [2.75, 3.05) is 6.26 Å². The highest BCUT2D eigenvalue weighted by molar-refractivity contribution is 7.95. The van der Waals surface area contributed by atoms with E-state index in [-0.39, 0.29) is 15.8 Å². The number of hydrogen-bond donors (Lipinski definition) is 1. The number of hydrogen-bond acceptors (Lipinski definition) is 4. The van der Waals surface area contributed by atoms with Crippen molar-refractivity contribution in [3.05, 3.63) is 40.4 Å². The van der Waals surface area contributed by atoms with Crippen molar-refractivity contribution in [2.24, 2.45) is 4.40 Å². The molecule has 0 bridgehead atoms. The molecule has 0 fully saturated rings. The van der Waals surface area contributed by atoms with Gasteiger partial charge in [-0.15, -0.1) is 4.40 Å². The number of nitrogens with zero attached hydrogens (tertiary/aromatic N) is 1. The molecule has 0 saturated heterocycles. The molecule has 1 heterocycles. The molecule has 23 heavy (non-hydrogen) atoms. The van der Waals surface area contributed by atoms with Crippen LogP contribution in [0.1, 0.15) is 31.7 Å². The molecule has 0 radical (unpaired) electrons. The molecule has 0 atom stereocenters. The predicted molar refractivity (Wildman–Crippen MR) is 90.3 cm³/mol. The molecule has 0 unspecified atom stereocenters. The Hall–Kier alpha value is -1.67. The molecule has 0 spiro atoms. The number of unbranched alkanes of at least 4 members (excludes halogenated alkanes) is 1. The maximum Gasteiger partial charge on any atom is 0.252 e. The first-order valence-corrected chi connectivity index (χ1v) is 10.6. The van der Waals surface area contributed by atoms with Crippen LogP contribution in [0.2, 0.25) is 0 Å². The summed E-state index contributed by atoms with van der Waals surface area (Å²) in [7, 11) is -7.28. The number of nitrogens with one attached hydrogen (secondary N) is 1. The van der Waals surface area contributed by atoms with Crippen molar-refractivity contribution in [3.8, 4) is 0 Å². The van der Waals surface area contributed by atoms with Crippen LogP contribution in [-0.4, -0.2) is 28.9 Å². The molecule has 126 valence electrons. The molecule has 6 nitrogen and oxygen atoms in total. The third-order valence-corrected chi connectivity index (χ3v) is 5.72. The van der Waals surface area contributed by atoms with E-state index in [4.69, 9.17) is 0 Å². The molecule has 0 aliphatic carbocycles. The maximum atomic E-state index is 12.7. The maximum absolute atomic E-state index is 12.7. The third kappa shape index (κ3) is 4.00. The van der Waals surface area contributed by atoms with Crippen molar-refractivity contribution in [3.63, 3.8) is 0 Å². The quantitative estimate of drug-likeness (QED) is 0.843. The van der Waals surface area contributed by atoms with Gasteiger partial charge in [0.05, 0.1) is 11.2 Å². The molecule has 1 aromatic rings. The van der Waals surface area contributed by atoms with Crippen LogP contribution in [0.4, 0.5) is 0 Å². The van der Waals surface area contributed by atoms with Gasteiger partial charge in [0.1, 0.15) is 10.9 Å². The minimum atomic E-state index is -3.69. The Bertz CT molecular complexity index is 865. The number of aryl methyl sites for hydroxylation is 1. The molecule has 0 saturated carbocycles. The smallest absolute Gasteiger partial charge is 0.252 e. The van der Waals surface area contributed by atoms with Gasteiger partial charge in [0, 0.05) is 5.57 Å². The first-order chi connectivity index (χ1) is 10.6. The average Bonchev–Trinajstić information content (AvgIpc) is 2.43. The van der Waals surface area contributed by atoms with Crippen LogP contribution in [0.25, 0.3) is 0 Å². The van der Waals surface area contributed by atoms with Crippen molar-refractivity contribution < 1.29 is 16.8 Å². The number of sulfone groups is 1. The van der Waals surface area contributed by atoms with Crippen LogP contribution in [-0.2, 0) is 19.9 Å². The minimum Gasteiger partial charge on any atom is -0.329 e. The Labute approximate surface area is 137 Å². The molecule has 0 aromatic heterocycles. The number of sulfonamides is 1. The first-order valence-electron chi connectivity index (χ1n) is 7.27. The van der Waals surface area contributed by atoms with E-state index >= 15 is 0 Å². The minimum absolute atomic E-state index is 0.0530. The van der Waals surface area contributed by atoms with Gasteiger partial charge in [0.25, 0.3) is 10.0 Å². The Balaban J connectivity index is 2.48. The highest BCUT2D eigenvalue weighted by Gasteiger charge is 2.35. The lowest BCUT2D eigenvalue weighted by molar-refractivity contribution is 0.596. The topological polar surface area (TPSA) is 92.7 Å². The first kappa shape index (κ1) is 17.7. The summed E-state index contributed by atoms with van der Waals surface area (Å²) >= 11 is 0. The Morgan fingerprint density at radius 1 is 1.09 bits per heavy atom. The Kier molecular flexibility index (Phi) is 4.95. The van der Waals surface area contributed by atoms with Crippen LogP contribution >= 0.6 is 0 Å². The van der Waals surface area contributed by atoms with Crippen LogP contribution in [0, 0.1) is 6.92 Å². The molecule has 1 N–H and O–H groups in total. The Morgan fingerprint density at radius 2 is 1.70 bits per heavy atom. The lowest BCUT2D eigenvalue weighted by Gasteiger charge is -2.27. The van der Waals surface area contributed by atoms with Crippen LogP contribution in [0.15, 0.2) is 44.2 Å². The van der Waals surface area contributed by atoms with E-state index < -0.39 is 19.9 Å². The molecule has 0 amide bonds. The van der Waals surface area contributed by atoms with Crippen molar-refractivity contribution in [1.82, 2.24) is 5.32 Å². The zero-order valence-electron chi connectivity index (χ0n) is 13.3. The summed E-state index contributed by atoms with van der Waals surface area (Å²) in [5.74, 6) is 0.131. The van der Waals surface area contributed by atoms with Gasteiger partial charge in [-0.2, -0.15) is 0 Å². The van der Waals surface area contributed by atoms with Gasteiger partial charge >= 0.3 is 0 Å². The average molecular weight is 356 g/mol. The van der Waals surface area contributed by atoms with E-state index in [0.29, 0.717) is 12.0 Å². The second kappa shape index (κ2) is 6.45. The zero-order valence-corrected chi connectivity index (χ0v) is 15.0. The van der Waals surface area contributed by atoms with Gasteiger partial charge in [-0.1, -0.05) is 31.0 Å². The standard InChI is InChI=1S/C15H20N2O4S2/c1-4-5-6-13-14(17-22(3,18)19)16-15(13)23(20,21)12-9-7-11(2)8-10-12/h7-10H,4-6H2,1-3H3,(H,16,17). The molecule has 2 rings (SSSR count). The van der Waals surface area contributed by atoms with E-state index in [1.165, 1.54) is 0 Å². The lowest BCUT2D eigenvalue weighted by Crippen LogP contribution is -2.41. The van der Waals surface area contributed by atoms with E-state index in [0.717, 1.165) is 24.7 Å². The van der Waals surface area contributed by atoms with E-state index in [1.54, 1.807) is 24.3 Å². The Morgan fingerprint density at radius 3 is 2.22 bits per heavy atom. The van der Waals surface area contributed by atoms with Gasteiger partial charge < -0.3 is 5.32 Å². The molecule has 1 aromatic carbocycles. The van der Waals surface area contributed by atoms with Crippen LogP contribution < -0.4 is 5.32 Å². The second-order valence-electron chi connectivity index (χ2n) is 5.53. The van der Waals surface area contributed by atoms with Gasteiger partial charge in [-0.05, 0) is 31.9 Å². The highest BCUT2D eigenvalue weighted by atomic mass is 32.2. The number of amidine groups is 1. The fraction of sp³-hybridized carbons (Fsp3) is 0.400. The summed E-state index contributed by atoms with van der Waals surface area (Å²) in [6.07, 6.45) is 3.07. The third-order valence-electron chi connectivity index (χ3n) is 3.43. The summed E-state index contributed by atoms with van der Waals surface area (Å²) in [5.41, 5.74) is 1.42. The highest BCUT2D eigenvalue weighted by Crippen LogP contribution is 2.30. The molecular weight excluding hydrogens is 336 g/mol. The van der Waals surface area contributed by atoms with Crippen LogP contribution in [0.5, 0.6) is 0 Å². The van der Waals surface area contributed by atoms with E-state index in [1.807, 2.05) is 13.8 Å². The predicted octanol–water partition coefficient (Wildman–Crippen LogP) is 2.13. The largest absolute Gasteiger partial charge is 0.329 e. The van der Waals surface area contributed by atoms with Crippen LogP contribution in [0.3, 0.4) is 0 Å². The summed E-state index contributed by atoms with van der Waals surface area (Å²) < 4.78 is 51.6. The van der Waals surface area contributed by atoms with Gasteiger partial charge in [0.15, 0.2) is 0 Å². The van der Waals surface area contributed by atoms with Crippen molar-refractivity contribution in [1.29, 1.82) is 0 Å². The summed E-state index contributed by atoms with van der Waals surface area (Å²) in [4.78, 5) is 0.179. The monoisotopic (exact) mass is 356 g/mol. The van der Waals surface area contributed by atoms with Gasteiger partial charge in [-0.3, -0.25) is 0 Å². The van der Waals surface area contributed by atoms with E-state index in [9.17, 15) is 16.8 Å². The molecule has 1 aliphatic heterocycles. The van der Waals surface area contributed by atoms with Crippen molar-refractivity contribution in [2.45, 2.75) is 38.0 Å². The summed E-state index contributed by atoms with van der Waals surface area (Å²) in [5, 5.41) is 2.66. The second-order valence-corrected chi connectivity index (χ2v) is 9.06. The molecular formula is C15H20N2O4S2. The fourth-order valence-electron chi connectivity index (χ4n) is 2.20. The summed E-state index contributed by atoms with van der Waals surface area (Å²) in [6, 6.07) is 6.54. The fourth-order valence-corrected chi connectivity index (χ4v) is 4.17. The van der Waals surface area contributed by atoms with Crippen molar-refractivity contribution >= 4 is 25.7 Å².